The highest BCUT2D eigenvalue weighted by Crippen LogP contribution is 2.24. The van der Waals surface area contributed by atoms with E-state index in [1.807, 2.05) is 0 Å². The largest absolute Gasteiger partial charge is 0.469 e. The van der Waals surface area contributed by atoms with Gasteiger partial charge in [-0.1, -0.05) is 6.92 Å². The molecule has 158 valence electrons. The number of nitrogens with zero attached hydrogens (tertiary/aromatic N) is 3. The van der Waals surface area contributed by atoms with E-state index < -0.39 is 0 Å². The molecule has 0 aromatic rings. The number of likely N-dealkylation sites (tertiary alicyclic amines) is 2. The van der Waals surface area contributed by atoms with Crippen LogP contribution in [0.25, 0.3) is 0 Å². The molecule has 7 heteroatoms. The fourth-order valence-corrected chi connectivity index (χ4v) is 4.03. The Kier molecular flexibility index (Phi) is 10.4. The number of ether oxygens (including phenoxy) is 1. The van der Waals surface area contributed by atoms with Crippen LogP contribution in [0.4, 0.5) is 0 Å². The van der Waals surface area contributed by atoms with E-state index in [4.69, 9.17) is 9.73 Å². The molecule has 0 bridgehead atoms. The summed E-state index contributed by atoms with van der Waals surface area (Å²) in [5.41, 5.74) is 0.0691. The minimum absolute atomic E-state index is 0. The molecule has 1 unspecified atom stereocenters. The van der Waals surface area contributed by atoms with Gasteiger partial charge >= 0.3 is 5.97 Å². The second-order valence-electron chi connectivity index (χ2n) is 8.46. The number of hydrogen-bond acceptors (Lipinski definition) is 4. The molecule has 0 amide bonds. The van der Waals surface area contributed by atoms with Crippen molar-refractivity contribution in [3.8, 4) is 0 Å². The number of aliphatic imine (C=N–C) groups is 1. The first-order valence-electron chi connectivity index (χ1n) is 10.2. The Hall–Kier alpha value is -0.570. The molecule has 6 nitrogen and oxygen atoms in total. The summed E-state index contributed by atoms with van der Waals surface area (Å²) in [5.74, 6) is 1.71. The molecule has 27 heavy (non-hydrogen) atoms. The fraction of sp³-hybridized carbons (Fsp3) is 0.900. The van der Waals surface area contributed by atoms with Crippen molar-refractivity contribution in [1.82, 2.24) is 15.1 Å². The van der Waals surface area contributed by atoms with Crippen molar-refractivity contribution in [1.29, 1.82) is 0 Å². The first-order chi connectivity index (χ1) is 12.4. The van der Waals surface area contributed by atoms with Gasteiger partial charge in [0.25, 0.3) is 0 Å². The van der Waals surface area contributed by atoms with Crippen LogP contribution in [0.5, 0.6) is 0 Å². The molecule has 2 fully saturated rings. The summed E-state index contributed by atoms with van der Waals surface area (Å²) in [6, 6.07) is 0. The Balaban J connectivity index is 0.00000364. The van der Waals surface area contributed by atoms with Crippen LogP contribution in [-0.2, 0) is 9.53 Å². The SMILES string of the molecule is CCNC(=NCC(C)(C)N1CCCC(C)C1)N1CCC(C(=O)OC)CC1.I. The van der Waals surface area contributed by atoms with Gasteiger partial charge in [-0.3, -0.25) is 14.7 Å². The van der Waals surface area contributed by atoms with Gasteiger partial charge < -0.3 is 15.0 Å². The van der Waals surface area contributed by atoms with Crippen molar-refractivity contribution >= 4 is 35.9 Å². The zero-order chi connectivity index (χ0) is 19.2. The summed E-state index contributed by atoms with van der Waals surface area (Å²) < 4.78 is 4.89. The van der Waals surface area contributed by atoms with Crippen LogP contribution >= 0.6 is 24.0 Å². The number of halogens is 1. The van der Waals surface area contributed by atoms with Crippen LogP contribution in [0.3, 0.4) is 0 Å². The van der Waals surface area contributed by atoms with E-state index in [9.17, 15) is 4.79 Å². The quantitative estimate of drug-likeness (QED) is 0.276. The Bertz CT molecular complexity index is 490. The number of methoxy groups -OCH3 is 1. The van der Waals surface area contributed by atoms with Gasteiger partial charge in [-0.25, -0.2) is 0 Å². The Morgan fingerprint density at radius 1 is 1.22 bits per heavy atom. The van der Waals surface area contributed by atoms with Crippen LogP contribution < -0.4 is 5.32 Å². The molecule has 2 saturated heterocycles. The van der Waals surface area contributed by atoms with Crippen molar-refractivity contribution in [2.75, 3.05) is 46.4 Å². The Morgan fingerprint density at radius 3 is 2.44 bits per heavy atom. The van der Waals surface area contributed by atoms with Crippen LogP contribution in [-0.4, -0.2) is 73.6 Å². The van der Waals surface area contributed by atoms with Gasteiger partial charge in [-0.15, -0.1) is 24.0 Å². The number of nitrogens with one attached hydrogen (secondary N) is 1. The summed E-state index contributed by atoms with van der Waals surface area (Å²) in [4.78, 5) is 21.6. The lowest BCUT2D eigenvalue weighted by atomic mass is 9.93. The van der Waals surface area contributed by atoms with E-state index in [1.165, 1.54) is 33.0 Å². The molecule has 2 aliphatic rings. The van der Waals surface area contributed by atoms with Gasteiger partial charge in [0.2, 0.25) is 0 Å². The highest BCUT2D eigenvalue weighted by molar-refractivity contribution is 14.0. The number of carbonyl (C=O) groups is 1. The standard InChI is InChI=1S/C20H38N4O2.HI/c1-6-21-19(23-12-9-17(10-13-23)18(25)26-5)22-15-20(3,4)24-11-7-8-16(2)14-24;/h16-17H,6-15H2,1-5H3,(H,21,22);1H. The summed E-state index contributed by atoms with van der Waals surface area (Å²) in [6.45, 7) is 14.8. The Morgan fingerprint density at radius 2 is 1.89 bits per heavy atom. The zero-order valence-electron chi connectivity index (χ0n) is 17.8. The van der Waals surface area contributed by atoms with Crippen LogP contribution in [0, 0.1) is 11.8 Å². The summed E-state index contributed by atoms with van der Waals surface area (Å²) in [7, 11) is 1.48. The van der Waals surface area contributed by atoms with Gasteiger partial charge in [0.15, 0.2) is 5.96 Å². The number of carbonyl (C=O) groups excluding carboxylic acids is 1. The molecule has 1 N–H and O–H groups in total. The average Bonchev–Trinajstić information content (AvgIpc) is 2.64. The fourth-order valence-electron chi connectivity index (χ4n) is 4.03. The highest BCUT2D eigenvalue weighted by Gasteiger charge is 2.31. The van der Waals surface area contributed by atoms with E-state index in [2.05, 4.69) is 42.8 Å². The second-order valence-corrected chi connectivity index (χ2v) is 8.46. The summed E-state index contributed by atoms with van der Waals surface area (Å²) >= 11 is 0. The predicted octanol–water partition coefficient (Wildman–Crippen LogP) is 2.97. The van der Waals surface area contributed by atoms with Gasteiger partial charge in [0.05, 0.1) is 19.6 Å². The lowest BCUT2D eigenvalue weighted by molar-refractivity contribution is -0.146. The normalized spacial score (nSPS) is 22.9. The third-order valence-corrected chi connectivity index (χ3v) is 5.79. The molecule has 1 atom stereocenters. The number of piperidine rings is 2. The van der Waals surface area contributed by atoms with E-state index in [1.54, 1.807) is 0 Å². The average molecular weight is 494 g/mol. The molecule has 0 aromatic heterocycles. The molecule has 2 heterocycles. The molecule has 2 aliphatic heterocycles. The van der Waals surface area contributed by atoms with Gasteiger partial charge in [0.1, 0.15) is 0 Å². The van der Waals surface area contributed by atoms with Crippen molar-refractivity contribution < 1.29 is 9.53 Å². The first-order valence-corrected chi connectivity index (χ1v) is 10.2. The maximum absolute atomic E-state index is 11.7. The van der Waals surface area contributed by atoms with E-state index in [0.717, 1.165) is 50.9 Å². The molecule has 0 radical (unpaired) electrons. The molecular weight excluding hydrogens is 455 g/mol. The summed E-state index contributed by atoms with van der Waals surface area (Å²) in [6.07, 6.45) is 4.30. The highest BCUT2D eigenvalue weighted by atomic mass is 127. The van der Waals surface area contributed by atoms with Crippen LogP contribution in [0.2, 0.25) is 0 Å². The summed E-state index contributed by atoms with van der Waals surface area (Å²) in [5, 5.41) is 3.44. The monoisotopic (exact) mass is 494 g/mol. The molecule has 0 spiro atoms. The zero-order valence-corrected chi connectivity index (χ0v) is 20.1. The third-order valence-electron chi connectivity index (χ3n) is 5.79. The maximum Gasteiger partial charge on any atom is 0.308 e. The van der Waals surface area contributed by atoms with E-state index in [-0.39, 0.29) is 41.4 Å². The Labute approximate surface area is 182 Å². The first kappa shape index (κ1) is 24.5. The molecule has 0 saturated carbocycles. The number of guanidine groups is 1. The molecular formula is C20H39IN4O2. The second kappa shape index (κ2) is 11.4. The lowest BCUT2D eigenvalue weighted by Crippen LogP contribution is -2.52. The van der Waals surface area contributed by atoms with Gasteiger partial charge in [-0.2, -0.15) is 0 Å². The van der Waals surface area contributed by atoms with Crippen LogP contribution in [0.15, 0.2) is 4.99 Å². The minimum Gasteiger partial charge on any atom is -0.469 e. The maximum atomic E-state index is 11.7. The van der Waals surface area contributed by atoms with Gasteiger partial charge in [-0.05, 0) is 58.9 Å². The third kappa shape index (κ3) is 7.07. The molecule has 2 rings (SSSR count). The molecule has 0 aliphatic carbocycles. The van der Waals surface area contributed by atoms with Crippen molar-refractivity contribution in [3.63, 3.8) is 0 Å². The van der Waals surface area contributed by atoms with Crippen molar-refractivity contribution in [2.24, 2.45) is 16.8 Å². The number of rotatable bonds is 5. The van der Waals surface area contributed by atoms with Crippen LogP contribution in [0.1, 0.15) is 53.4 Å². The minimum atomic E-state index is -0.0769. The van der Waals surface area contributed by atoms with Crippen molar-refractivity contribution in [3.05, 3.63) is 0 Å². The van der Waals surface area contributed by atoms with Gasteiger partial charge in [0, 0.05) is 31.7 Å². The predicted molar refractivity (Wildman–Crippen MR) is 122 cm³/mol. The van der Waals surface area contributed by atoms with Crippen molar-refractivity contribution in [2.45, 2.75) is 58.9 Å². The number of hydrogen-bond donors (Lipinski definition) is 1. The topological polar surface area (TPSA) is 57.2 Å². The molecule has 0 aromatic carbocycles. The number of esters is 1. The smallest absolute Gasteiger partial charge is 0.308 e. The van der Waals surface area contributed by atoms with E-state index in [0.29, 0.717) is 0 Å². The van der Waals surface area contributed by atoms with E-state index >= 15 is 0 Å². The lowest BCUT2D eigenvalue weighted by Gasteiger charge is -2.42.